The first-order valence-electron chi connectivity index (χ1n) is 9.87. The largest absolute Gasteiger partial charge is 0.324 e. The number of nitrogens with one attached hydrogen (secondary N) is 1. The number of rotatable bonds is 5. The third-order valence-electron chi connectivity index (χ3n) is 5.17. The molecule has 0 unspecified atom stereocenters. The van der Waals surface area contributed by atoms with Crippen LogP contribution in [-0.2, 0) is 0 Å². The molecule has 0 saturated carbocycles. The van der Waals surface area contributed by atoms with Gasteiger partial charge in [-0.2, -0.15) is 5.10 Å². The normalized spacial score (nSPS) is 11.5. The fourth-order valence-corrected chi connectivity index (χ4v) is 3.48. The molecule has 150 valence electrons. The molecule has 2 aromatic heterocycles. The molecule has 2 heterocycles. The van der Waals surface area contributed by atoms with E-state index in [1.165, 1.54) is 11.4 Å². The topological polar surface area (TPSA) is 51.3 Å². The quantitative estimate of drug-likeness (QED) is 0.373. The predicted octanol–water partition coefficient (Wildman–Crippen LogP) is 5.04. The standard InChI is InChI=1S/C25H24N4O/c1-18-6-7-19(2)29(18)24-14-8-21(9-15-24)20(3)26-27-25(30)22-10-12-23(13-11-22)28-16-4-5-17-28/h4-17H,1-3H3,(H,27,30)/b26-20+. The summed E-state index contributed by atoms with van der Waals surface area (Å²) in [6.45, 7) is 6.07. The summed E-state index contributed by atoms with van der Waals surface area (Å²) in [5.74, 6) is -0.233. The summed E-state index contributed by atoms with van der Waals surface area (Å²) in [7, 11) is 0. The zero-order valence-electron chi connectivity index (χ0n) is 17.3. The molecule has 0 aliphatic heterocycles. The van der Waals surface area contributed by atoms with Crippen LogP contribution in [-0.4, -0.2) is 20.8 Å². The molecule has 2 aromatic carbocycles. The third kappa shape index (κ3) is 3.96. The Bertz CT molecular complexity index is 1160. The molecule has 0 radical (unpaired) electrons. The average molecular weight is 396 g/mol. The molecule has 1 N–H and O–H groups in total. The second-order valence-corrected chi connectivity index (χ2v) is 7.27. The van der Waals surface area contributed by atoms with E-state index in [0.717, 1.165) is 22.6 Å². The molecule has 5 heteroatoms. The molecule has 0 aliphatic rings. The van der Waals surface area contributed by atoms with Crippen LogP contribution in [0, 0.1) is 13.8 Å². The van der Waals surface area contributed by atoms with Crippen LogP contribution in [0.1, 0.15) is 34.2 Å². The zero-order chi connectivity index (χ0) is 21.1. The minimum atomic E-state index is -0.233. The van der Waals surface area contributed by atoms with Crippen LogP contribution in [0.25, 0.3) is 11.4 Å². The lowest BCUT2D eigenvalue weighted by atomic mass is 10.1. The van der Waals surface area contributed by atoms with E-state index in [4.69, 9.17) is 0 Å². The Kier molecular flexibility index (Phi) is 5.35. The van der Waals surface area contributed by atoms with Crippen molar-refractivity contribution >= 4 is 11.6 Å². The van der Waals surface area contributed by atoms with Crippen LogP contribution in [0.3, 0.4) is 0 Å². The highest BCUT2D eigenvalue weighted by Gasteiger charge is 2.07. The number of carbonyl (C=O) groups is 1. The van der Waals surface area contributed by atoms with Crippen molar-refractivity contribution in [1.29, 1.82) is 0 Å². The van der Waals surface area contributed by atoms with Gasteiger partial charge in [0.05, 0.1) is 5.71 Å². The Morgan fingerprint density at radius 2 is 1.30 bits per heavy atom. The first kappa shape index (κ1) is 19.5. The highest BCUT2D eigenvalue weighted by Crippen LogP contribution is 2.17. The van der Waals surface area contributed by atoms with Crippen LogP contribution in [0.2, 0.25) is 0 Å². The number of hydrazone groups is 1. The van der Waals surface area contributed by atoms with Crippen LogP contribution in [0.4, 0.5) is 0 Å². The van der Waals surface area contributed by atoms with Gasteiger partial charge < -0.3 is 9.13 Å². The van der Waals surface area contributed by atoms with E-state index in [1.807, 2.05) is 60.3 Å². The maximum atomic E-state index is 12.4. The molecular formula is C25H24N4O. The van der Waals surface area contributed by atoms with Gasteiger partial charge in [-0.15, -0.1) is 0 Å². The summed E-state index contributed by atoms with van der Waals surface area (Å²) >= 11 is 0. The average Bonchev–Trinajstić information content (AvgIpc) is 3.42. The predicted molar refractivity (Wildman–Crippen MR) is 121 cm³/mol. The van der Waals surface area contributed by atoms with Gasteiger partial charge in [0.2, 0.25) is 0 Å². The van der Waals surface area contributed by atoms with Gasteiger partial charge in [0.15, 0.2) is 0 Å². The summed E-state index contributed by atoms with van der Waals surface area (Å²) < 4.78 is 4.19. The fraction of sp³-hybridized carbons (Fsp3) is 0.120. The lowest BCUT2D eigenvalue weighted by Gasteiger charge is -2.10. The summed E-state index contributed by atoms with van der Waals surface area (Å²) in [6.07, 6.45) is 3.93. The van der Waals surface area contributed by atoms with Gasteiger partial charge >= 0.3 is 0 Å². The first-order chi connectivity index (χ1) is 14.5. The van der Waals surface area contributed by atoms with Gasteiger partial charge in [-0.25, -0.2) is 5.43 Å². The molecule has 5 nitrogen and oxygen atoms in total. The van der Waals surface area contributed by atoms with Gasteiger partial charge in [0, 0.05) is 40.7 Å². The number of amides is 1. The van der Waals surface area contributed by atoms with Crippen molar-refractivity contribution in [2.45, 2.75) is 20.8 Å². The summed E-state index contributed by atoms with van der Waals surface area (Å²) in [5.41, 5.74) is 9.43. The van der Waals surface area contributed by atoms with E-state index >= 15 is 0 Å². The van der Waals surface area contributed by atoms with E-state index < -0.39 is 0 Å². The van der Waals surface area contributed by atoms with Crippen molar-refractivity contribution in [1.82, 2.24) is 14.6 Å². The molecule has 0 fully saturated rings. The summed E-state index contributed by atoms with van der Waals surface area (Å²) in [5, 5.41) is 4.28. The second kappa shape index (κ2) is 8.25. The van der Waals surface area contributed by atoms with E-state index in [2.05, 4.69) is 53.2 Å². The molecule has 4 rings (SSSR count). The fourth-order valence-electron chi connectivity index (χ4n) is 3.48. The van der Waals surface area contributed by atoms with Gasteiger partial charge in [0.25, 0.3) is 5.91 Å². The van der Waals surface area contributed by atoms with Crippen molar-refractivity contribution in [2.75, 3.05) is 0 Å². The van der Waals surface area contributed by atoms with E-state index in [9.17, 15) is 4.79 Å². The summed E-state index contributed by atoms with van der Waals surface area (Å²) in [4.78, 5) is 12.4. The van der Waals surface area contributed by atoms with Gasteiger partial charge in [-0.3, -0.25) is 4.79 Å². The smallest absolute Gasteiger partial charge is 0.271 e. The van der Waals surface area contributed by atoms with Gasteiger partial charge in [0.1, 0.15) is 0 Å². The van der Waals surface area contributed by atoms with Gasteiger partial charge in [-0.1, -0.05) is 12.1 Å². The highest BCUT2D eigenvalue weighted by molar-refractivity contribution is 6.01. The zero-order valence-corrected chi connectivity index (χ0v) is 17.3. The molecule has 0 spiro atoms. The molecule has 0 aliphatic carbocycles. The Morgan fingerprint density at radius 3 is 1.90 bits per heavy atom. The van der Waals surface area contributed by atoms with Crippen molar-refractivity contribution < 1.29 is 4.79 Å². The maximum absolute atomic E-state index is 12.4. The minimum Gasteiger partial charge on any atom is -0.324 e. The van der Waals surface area contributed by atoms with Crippen LogP contribution >= 0.6 is 0 Å². The van der Waals surface area contributed by atoms with Crippen molar-refractivity contribution in [2.24, 2.45) is 5.10 Å². The Hall–Kier alpha value is -3.86. The number of benzene rings is 2. The number of hydrogen-bond acceptors (Lipinski definition) is 2. The molecule has 0 saturated heterocycles. The minimum absolute atomic E-state index is 0.233. The first-order valence-corrected chi connectivity index (χ1v) is 9.87. The number of aromatic nitrogens is 2. The Balaban J connectivity index is 1.44. The lowest BCUT2D eigenvalue weighted by Crippen LogP contribution is -2.19. The molecule has 30 heavy (non-hydrogen) atoms. The van der Waals surface area contributed by atoms with E-state index in [0.29, 0.717) is 5.56 Å². The monoisotopic (exact) mass is 396 g/mol. The lowest BCUT2D eigenvalue weighted by molar-refractivity contribution is 0.0955. The third-order valence-corrected chi connectivity index (χ3v) is 5.17. The molecule has 4 aromatic rings. The summed E-state index contributed by atoms with van der Waals surface area (Å²) in [6, 6.07) is 23.7. The number of nitrogens with zero attached hydrogens (tertiary/aromatic N) is 3. The van der Waals surface area contributed by atoms with Crippen LogP contribution in [0.5, 0.6) is 0 Å². The number of aryl methyl sites for hydroxylation is 2. The molecular weight excluding hydrogens is 372 g/mol. The molecule has 0 atom stereocenters. The van der Waals surface area contributed by atoms with Crippen molar-refractivity contribution in [3.05, 3.63) is 108 Å². The number of carbonyl (C=O) groups excluding carboxylic acids is 1. The SMILES string of the molecule is C/C(=N\NC(=O)c1ccc(-n2cccc2)cc1)c1ccc(-n2c(C)ccc2C)cc1. The van der Waals surface area contributed by atoms with Gasteiger partial charge in [-0.05, 0) is 87.0 Å². The van der Waals surface area contributed by atoms with E-state index in [-0.39, 0.29) is 5.91 Å². The molecule has 0 bridgehead atoms. The Morgan fingerprint density at radius 1 is 0.767 bits per heavy atom. The number of hydrogen-bond donors (Lipinski definition) is 1. The second-order valence-electron chi connectivity index (χ2n) is 7.27. The Labute approximate surface area is 176 Å². The maximum Gasteiger partial charge on any atom is 0.271 e. The van der Waals surface area contributed by atoms with Crippen molar-refractivity contribution in [3.8, 4) is 11.4 Å². The van der Waals surface area contributed by atoms with Crippen LogP contribution in [0.15, 0.2) is 90.3 Å². The molecule has 1 amide bonds. The van der Waals surface area contributed by atoms with Crippen molar-refractivity contribution in [3.63, 3.8) is 0 Å². The highest BCUT2D eigenvalue weighted by atomic mass is 16.2. The van der Waals surface area contributed by atoms with Crippen LogP contribution < -0.4 is 5.43 Å². The van der Waals surface area contributed by atoms with E-state index in [1.54, 1.807) is 12.1 Å².